The average molecular weight is 261 g/mol. The number of nitrogens with one attached hydrogen (secondary N) is 3. The lowest BCUT2D eigenvalue weighted by atomic mass is 10.1. The number of hydrogen-bond donors (Lipinski definition) is 3. The maximum absolute atomic E-state index is 11.8. The molecule has 4 nitrogen and oxygen atoms in total. The molecule has 1 heterocycles. The van der Waals surface area contributed by atoms with Crippen LogP contribution in [0.4, 0.5) is 5.69 Å². The van der Waals surface area contributed by atoms with Crippen LogP contribution in [0.1, 0.15) is 31.9 Å². The van der Waals surface area contributed by atoms with Crippen LogP contribution in [0.3, 0.4) is 0 Å². The standard InChI is InChI=1S/C15H23N3O/c1-10(2)18-15(19)11(3)17-9-13-6-4-5-12-7-8-16-14(12)13/h4-6,10-11,16-17H,7-9H2,1-3H3,(H,18,19). The van der Waals surface area contributed by atoms with E-state index in [9.17, 15) is 4.79 Å². The lowest BCUT2D eigenvalue weighted by Crippen LogP contribution is -2.44. The molecule has 19 heavy (non-hydrogen) atoms. The van der Waals surface area contributed by atoms with Gasteiger partial charge in [-0.3, -0.25) is 4.79 Å². The van der Waals surface area contributed by atoms with Crippen molar-refractivity contribution in [2.75, 3.05) is 11.9 Å². The minimum Gasteiger partial charge on any atom is -0.384 e. The normalized spacial score (nSPS) is 14.9. The van der Waals surface area contributed by atoms with E-state index in [-0.39, 0.29) is 18.0 Å². The van der Waals surface area contributed by atoms with Gasteiger partial charge in [-0.15, -0.1) is 0 Å². The summed E-state index contributed by atoms with van der Waals surface area (Å²) in [6.45, 7) is 7.56. The van der Waals surface area contributed by atoms with Crippen LogP contribution in [0.5, 0.6) is 0 Å². The van der Waals surface area contributed by atoms with E-state index in [1.807, 2.05) is 20.8 Å². The molecule has 3 N–H and O–H groups in total. The Kier molecular flexibility index (Phi) is 4.43. The third kappa shape index (κ3) is 3.47. The van der Waals surface area contributed by atoms with Crippen LogP contribution >= 0.6 is 0 Å². The first-order valence-electron chi connectivity index (χ1n) is 6.96. The predicted molar refractivity (Wildman–Crippen MR) is 78.2 cm³/mol. The zero-order chi connectivity index (χ0) is 13.8. The van der Waals surface area contributed by atoms with Crippen molar-refractivity contribution in [2.45, 2.75) is 45.8 Å². The van der Waals surface area contributed by atoms with Crippen LogP contribution in [0.2, 0.25) is 0 Å². The summed E-state index contributed by atoms with van der Waals surface area (Å²) in [5, 5.41) is 9.61. The Labute approximate surface area is 115 Å². The van der Waals surface area contributed by atoms with Crippen molar-refractivity contribution in [3.63, 3.8) is 0 Å². The highest BCUT2D eigenvalue weighted by atomic mass is 16.2. The molecule has 0 saturated carbocycles. The Morgan fingerprint density at radius 3 is 2.89 bits per heavy atom. The molecule has 2 rings (SSSR count). The van der Waals surface area contributed by atoms with Crippen molar-refractivity contribution in [3.8, 4) is 0 Å². The molecule has 4 heteroatoms. The van der Waals surface area contributed by atoms with Crippen LogP contribution in [0.25, 0.3) is 0 Å². The monoisotopic (exact) mass is 261 g/mol. The fourth-order valence-corrected chi connectivity index (χ4v) is 2.32. The van der Waals surface area contributed by atoms with E-state index >= 15 is 0 Å². The van der Waals surface area contributed by atoms with Gasteiger partial charge in [0.25, 0.3) is 0 Å². The molecule has 1 atom stereocenters. The highest BCUT2D eigenvalue weighted by Crippen LogP contribution is 2.26. The van der Waals surface area contributed by atoms with E-state index in [1.165, 1.54) is 16.8 Å². The number of amides is 1. The van der Waals surface area contributed by atoms with Gasteiger partial charge < -0.3 is 16.0 Å². The van der Waals surface area contributed by atoms with E-state index in [4.69, 9.17) is 0 Å². The number of benzene rings is 1. The van der Waals surface area contributed by atoms with Crippen LogP contribution < -0.4 is 16.0 Å². The largest absolute Gasteiger partial charge is 0.384 e. The molecule has 1 aromatic rings. The number of hydrogen-bond acceptors (Lipinski definition) is 3. The SMILES string of the molecule is CC(C)NC(=O)C(C)NCc1cccc2c1NCC2. The Morgan fingerprint density at radius 2 is 2.16 bits per heavy atom. The van der Waals surface area contributed by atoms with Crippen molar-refractivity contribution in [2.24, 2.45) is 0 Å². The lowest BCUT2D eigenvalue weighted by molar-refractivity contribution is -0.123. The van der Waals surface area contributed by atoms with Crippen molar-refractivity contribution in [3.05, 3.63) is 29.3 Å². The molecule has 0 aliphatic carbocycles. The molecule has 0 spiro atoms. The number of rotatable bonds is 5. The molecule has 1 aliphatic rings. The minimum atomic E-state index is -0.181. The summed E-state index contributed by atoms with van der Waals surface area (Å²) in [7, 11) is 0. The minimum absolute atomic E-state index is 0.0514. The second-order valence-corrected chi connectivity index (χ2v) is 5.39. The number of para-hydroxylation sites is 1. The van der Waals surface area contributed by atoms with Gasteiger partial charge in [-0.05, 0) is 38.3 Å². The number of carbonyl (C=O) groups is 1. The third-order valence-electron chi connectivity index (χ3n) is 3.36. The molecule has 1 amide bonds. The molecule has 1 unspecified atom stereocenters. The fraction of sp³-hybridized carbons (Fsp3) is 0.533. The molecule has 0 bridgehead atoms. The number of anilines is 1. The topological polar surface area (TPSA) is 53.2 Å². The van der Waals surface area contributed by atoms with Crippen molar-refractivity contribution in [1.82, 2.24) is 10.6 Å². The van der Waals surface area contributed by atoms with Gasteiger partial charge in [-0.2, -0.15) is 0 Å². The summed E-state index contributed by atoms with van der Waals surface area (Å²) < 4.78 is 0. The third-order valence-corrected chi connectivity index (χ3v) is 3.36. The van der Waals surface area contributed by atoms with Crippen LogP contribution in [0, 0.1) is 0 Å². The van der Waals surface area contributed by atoms with Crippen molar-refractivity contribution in [1.29, 1.82) is 0 Å². The summed E-state index contributed by atoms with van der Waals surface area (Å²) in [6, 6.07) is 6.35. The second-order valence-electron chi connectivity index (χ2n) is 5.39. The Balaban J connectivity index is 1.92. The number of fused-ring (bicyclic) bond motifs is 1. The van der Waals surface area contributed by atoms with Gasteiger partial charge in [-0.1, -0.05) is 18.2 Å². The molecule has 0 radical (unpaired) electrons. The second kappa shape index (κ2) is 6.06. The summed E-state index contributed by atoms with van der Waals surface area (Å²) >= 11 is 0. The van der Waals surface area contributed by atoms with Crippen LogP contribution in [-0.2, 0) is 17.8 Å². The molecule has 0 aromatic heterocycles. The zero-order valence-corrected chi connectivity index (χ0v) is 11.9. The van der Waals surface area contributed by atoms with E-state index in [0.717, 1.165) is 13.0 Å². The van der Waals surface area contributed by atoms with Gasteiger partial charge in [0.05, 0.1) is 6.04 Å². The van der Waals surface area contributed by atoms with E-state index in [2.05, 4.69) is 34.1 Å². The summed E-state index contributed by atoms with van der Waals surface area (Å²) in [6.07, 6.45) is 1.09. The Hall–Kier alpha value is -1.55. The van der Waals surface area contributed by atoms with E-state index in [1.54, 1.807) is 0 Å². The zero-order valence-electron chi connectivity index (χ0n) is 11.9. The number of carbonyl (C=O) groups excluding carboxylic acids is 1. The van der Waals surface area contributed by atoms with E-state index < -0.39 is 0 Å². The smallest absolute Gasteiger partial charge is 0.237 e. The van der Waals surface area contributed by atoms with Gasteiger partial charge >= 0.3 is 0 Å². The van der Waals surface area contributed by atoms with Crippen molar-refractivity contribution >= 4 is 11.6 Å². The highest BCUT2D eigenvalue weighted by Gasteiger charge is 2.16. The molecular weight excluding hydrogens is 238 g/mol. The fourth-order valence-electron chi connectivity index (χ4n) is 2.32. The highest BCUT2D eigenvalue weighted by molar-refractivity contribution is 5.81. The molecule has 0 fully saturated rings. The van der Waals surface area contributed by atoms with Gasteiger partial charge in [-0.25, -0.2) is 0 Å². The van der Waals surface area contributed by atoms with Crippen molar-refractivity contribution < 1.29 is 4.79 Å². The molecule has 1 aliphatic heterocycles. The first kappa shape index (κ1) is 13.9. The maximum Gasteiger partial charge on any atom is 0.237 e. The molecule has 1 aromatic carbocycles. The summed E-state index contributed by atoms with van der Waals surface area (Å²) in [4.78, 5) is 11.8. The van der Waals surface area contributed by atoms with Gasteiger partial charge in [0.15, 0.2) is 0 Å². The van der Waals surface area contributed by atoms with Gasteiger partial charge in [0.1, 0.15) is 0 Å². The molecule has 0 saturated heterocycles. The summed E-state index contributed by atoms with van der Waals surface area (Å²) in [5.74, 6) is 0.0514. The Bertz CT molecular complexity index is 457. The Morgan fingerprint density at radius 1 is 1.37 bits per heavy atom. The summed E-state index contributed by atoms with van der Waals surface area (Å²) in [5.41, 5.74) is 3.85. The van der Waals surface area contributed by atoms with Gasteiger partial charge in [0.2, 0.25) is 5.91 Å². The quantitative estimate of drug-likeness (QED) is 0.755. The first-order chi connectivity index (χ1) is 9.08. The lowest BCUT2D eigenvalue weighted by Gasteiger charge is -2.17. The average Bonchev–Trinajstić information content (AvgIpc) is 2.83. The molecular formula is C15H23N3O. The van der Waals surface area contributed by atoms with Crippen LogP contribution in [0.15, 0.2) is 18.2 Å². The van der Waals surface area contributed by atoms with Crippen LogP contribution in [-0.4, -0.2) is 24.5 Å². The molecule has 104 valence electrons. The first-order valence-corrected chi connectivity index (χ1v) is 6.96. The predicted octanol–water partition coefficient (Wildman–Crippen LogP) is 1.66. The van der Waals surface area contributed by atoms with E-state index in [0.29, 0.717) is 6.54 Å². The maximum atomic E-state index is 11.8. The van der Waals surface area contributed by atoms with Gasteiger partial charge in [0, 0.05) is 24.8 Å².